The van der Waals surface area contributed by atoms with Crippen LogP contribution in [0, 0.1) is 0 Å². The summed E-state index contributed by atoms with van der Waals surface area (Å²) in [6, 6.07) is 7.06. The lowest BCUT2D eigenvalue weighted by Gasteiger charge is -2.20. The second kappa shape index (κ2) is 3.93. The smallest absolute Gasteiger partial charge is 0.311 e. The molecular weight excluding hydrogens is 247 g/mol. The quantitative estimate of drug-likeness (QED) is 0.692. The fraction of sp³-hybridized carbons (Fsp3) is 0.300. The zero-order valence-corrected chi connectivity index (χ0v) is 9.99. The van der Waals surface area contributed by atoms with Crippen LogP contribution in [0.1, 0.15) is 17.0 Å². The summed E-state index contributed by atoms with van der Waals surface area (Å²) in [5.41, 5.74) is 0.729. The second-order valence-electron chi connectivity index (χ2n) is 3.88. The summed E-state index contributed by atoms with van der Waals surface area (Å²) in [5, 5.41) is 9.14. The van der Waals surface area contributed by atoms with E-state index in [9.17, 15) is 14.6 Å². The van der Waals surface area contributed by atoms with Crippen molar-refractivity contribution < 1.29 is 19.7 Å². The number of rotatable bonds is 2. The van der Waals surface area contributed by atoms with Gasteiger partial charge < -0.3 is 14.9 Å². The van der Waals surface area contributed by atoms with Crippen molar-refractivity contribution in [3.63, 3.8) is 0 Å². The van der Waals surface area contributed by atoms with E-state index in [0.717, 1.165) is 5.56 Å². The first-order valence-electron chi connectivity index (χ1n) is 4.77. The van der Waals surface area contributed by atoms with Gasteiger partial charge in [-0.3, -0.25) is 4.79 Å². The first kappa shape index (κ1) is 11.7. The Balaban J connectivity index is 2.50. The third-order valence-electron chi connectivity index (χ3n) is 2.90. The minimum Gasteiger partial charge on any atom is -0.481 e. The highest BCUT2D eigenvalue weighted by Crippen LogP contribution is 2.54. The molecule has 1 aromatic rings. The first-order valence-corrected chi connectivity index (χ1v) is 7.55. The Kier molecular flexibility index (Phi) is 2.88. The van der Waals surface area contributed by atoms with E-state index in [1.807, 2.05) is 0 Å². The van der Waals surface area contributed by atoms with Crippen molar-refractivity contribution in [2.24, 2.45) is 0 Å². The van der Waals surface area contributed by atoms with Gasteiger partial charge in [0.1, 0.15) is 0 Å². The fourth-order valence-electron chi connectivity index (χ4n) is 2.18. The van der Waals surface area contributed by atoms with E-state index in [0.29, 0.717) is 12.0 Å². The minimum absolute atomic E-state index is 0.331. The standard InChI is InChI=1S/C10H11O4PS/c11-10(12)9-7-4-2-1-3-6(7)5-8(9)15(13,14)16/h1-4,8-9H,5H2,(H,11,12)(H2,13,14,16)/t8-,9-/m0/s1. The highest BCUT2D eigenvalue weighted by molar-refractivity contribution is 8.09. The van der Waals surface area contributed by atoms with Crippen LogP contribution in [0.25, 0.3) is 0 Å². The predicted octanol–water partition coefficient (Wildman–Crippen LogP) is 1.07. The Morgan fingerprint density at radius 3 is 2.56 bits per heavy atom. The van der Waals surface area contributed by atoms with Crippen LogP contribution >= 0.6 is 6.49 Å². The van der Waals surface area contributed by atoms with E-state index in [2.05, 4.69) is 11.8 Å². The molecule has 0 spiro atoms. The second-order valence-corrected chi connectivity index (χ2v) is 7.33. The largest absolute Gasteiger partial charge is 0.481 e. The lowest BCUT2D eigenvalue weighted by Crippen LogP contribution is -2.22. The fourth-order valence-corrected chi connectivity index (χ4v) is 3.88. The van der Waals surface area contributed by atoms with Gasteiger partial charge in [0, 0.05) is 0 Å². The van der Waals surface area contributed by atoms with Crippen LogP contribution in [0.4, 0.5) is 0 Å². The molecule has 2 atom stereocenters. The van der Waals surface area contributed by atoms with Crippen LogP contribution in [0.2, 0.25) is 0 Å². The molecule has 0 aliphatic heterocycles. The third kappa shape index (κ3) is 1.92. The van der Waals surface area contributed by atoms with Gasteiger partial charge in [-0.25, -0.2) is 0 Å². The zero-order chi connectivity index (χ0) is 11.9. The molecule has 0 radical (unpaired) electrons. The van der Waals surface area contributed by atoms with E-state index in [1.165, 1.54) is 0 Å². The maximum absolute atomic E-state index is 11.2. The van der Waals surface area contributed by atoms with Crippen LogP contribution in [0.15, 0.2) is 24.3 Å². The molecule has 0 amide bonds. The Hall–Kier alpha value is -0.740. The molecule has 0 bridgehead atoms. The molecule has 0 fully saturated rings. The summed E-state index contributed by atoms with van der Waals surface area (Å²) >= 11 is 4.65. The van der Waals surface area contributed by atoms with Crippen molar-refractivity contribution in [2.45, 2.75) is 18.0 Å². The highest BCUT2D eigenvalue weighted by atomic mass is 32.5. The van der Waals surface area contributed by atoms with Gasteiger partial charge in [-0.15, -0.1) is 0 Å². The highest BCUT2D eigenvalue weighted by Gasteiger charge is 2.44. The summed E-state index contributed by atoms with van der Waals surface area (Å²) in [5.74, 6) is -1.94. The Bertz CT molecular complexity index is 481. The number of aliphatic carboxylic acids is 1. The van der Waals surface area contributed by atoms with Crippen molar-refractivity contribution in [1.82, 2.24) is 0 Å². The van der Waals surface area contributed by atoms with Gasteiger partial charge >= 0.3 is 5.97 Å². The summed E-state index contributed by atoms with van der Waals surface area (Å²) < 4.78 is 0. The summed E-state index contributed by atoms with van der Waals surface area (Å²) in [4.78, 5) is 30.2. The number of hydrogen-bond acceptors (Lipinski definition) is 2. The molecule has 4 nitrogen and oxygen atoms in total. The number of fused-ring (bicyclic) bond motifs is 1. The van der Waals surface area contributed by atoms with Gasteiger partial charge in [-0.2, -0.15) is 0 Å². The Morgan fingerprint density at radius 1 is 1.38 bits per heavy atom. The molecule has 0 aromatic heterocycles. The van der Waals surface area contributed by atoms with Crippen molar-refractivity contribution >= 4 is 24.3 Å². The minimum atomic E-state index is -3.55. The van der Waals surface area contributed by atoms with Gasteiger partial charge in [0.05, 0.1) is 11.6 Å². The molecule has 6 heteroatoms. The van der Waals surface area contributed by atoms with Crippen LogP contribution in [0.5, 0.6) is 0 Å². The topological polar surface area (TPSA) is 77.8 Å². The van der Waals surface area contributed by atoms with Gasteiger partial charge in [-0.1, -0.05) is 24.3 Å². The molecule has 3 N–H and O–H groups in total. The van der Waals surface area contributed by atoms with E-state index in [-0.39, 0.29) is 0 Å². The molecule has 16 heavy (non-hydrogen) atoms. The van der Waals surface area contributed by atoms with Crippen LogP contribution in [-0.4, -0.2) is 26.5 Å². The van der Waals surface area contributed by atoms with Crippen molar-refractivity contribution in [3.05, 3.63) is 35.4 Å². The Labute approximate surface area is 97.7 Å². The molecule has 1 aliphatic carbocycles. The van der Waals surface area contributed by atoms with Crippen molar-refractivity contribution in [3.8, 4) is 0 Å². The van der Waals surface area contributed by atoms with E-state index >= 15 is 0 Å². The number of hydrogen-bond donors (Lipinski definition) is 3. The zero-order valence-electron chi connectivity index (χ0n) is 8.28. The molecule has 0 saturated heterocycles. The van der Waals surface area contributed by atoms with E-state index in [1.54, 1.807) is 24.3 Å². The van der Waals surface area contributed by atoms with Gasteiger partial charge in [-0.05, 0) is 29.4 Å². The maximum atomic E-state index is 11.2. The van der Waals surface area contributed by atoms with E-state index in [4.69, 9.17) is 5.11 Å². The summed E-state index contributed by atoms with van der Waals surface area (Å²) in [6.45, 7) is -3.55. The molecule has 0 saturated carbocycles. The third-order valence-corrected chi connectivity index (χ3v) is 5.06. The molecule has 86 valence electrons. The lowest BCUT2D eigenvalue weighted by molar-refractivity contribution is -0.138. The normalized spacial score (nSPS) is 24.1. The molecule has 2 rings (SSSR count). The lowest BCUT2D eigenvalue weighted by atomic mass is 10.0. The predicted molar refractivity (Wildman–Crippen MR) is 63.0 cm³/mol. The van der Waals surface area contributed by atoms with Crippen molar-refractivity contribution in [2.75, 3.05) is 0 Å². The van der Waals surface area contributed by atoms with E-state index < -0.39 is 24.0 Å². The number of benzene rings is 1. The average Bonchev–Trinajstić information content (AvgIpc) is 2.55. The molecule has 0 heterocycles. The van der Waals surface area contributed by atoms with Crippen molar-refractivity contribution in [1.29, 1.82) is 0 Å². The molecule has 1 aromatic carbocycles. The summed E-state index contributed by atoms with van der Waals surface area (Å²) in [6.07, 6.45) is 0.331. The van der Waals surface area contributed by atoms with Crippen LogP contribution in [-0.2, 0) is 23.0 Å². The molecule has 1 aliphatic rings. The monoisotopic (exact) mass is 258 g/mol. The molecular formula is C10H11O4PS. The van der Waals surface area contributed by atoms with Gasteiger partial charge in [0.15, 0.2) is 6.49 Å². The average molecular weight is 258 g/mol. The number of carbonyl (C=O) groups is 1. The van der Waals surface area contributed by atoms with Gasteiger partial charge in [0.25, 0.3) is 0 Å². The maximum Gasteiger partial charge on any atom is 0.311 e. The van der Waals surface area contributed by atoms with Crippen LogP contribution < -0.4 is 0 Å². The molecule has 0 unspecified atom stereocenters. The SMILES string of the molecule is O=C(O)[C@H]1c2ccccc2C[C@@H]1P(O)(O)=S. The number of carboxylic acids is 1. The van der Waals surface area contributed by atoms with Gasteiger partial charge in [0.2, 0.25) is 0 Å². The number of carboxylic acid groups (broad SMARTS) is 1. The Morgan fingerprint density at radius 2 is 2.00 bits per heavy atom. The summed E-state index contributed by atoms with van der Waals surface area (Å²) in [7, 11) is 0. The van der Waals surface area contributed by atoms with Crippen LogP contribution in [0.3, 0.4) is 0 Å². The first-order chi connectivity index (χ1) is 7.41.